The number of likely N-dealkylation sites (N-methyl/N-ethyl adjacent to an activating group) is 1. The third-order valence-corrected chi connectivity index (χ3v) is 3.09. The van der Waals surface area contributed by atoms with Crippen molar-refractivity contribution in [3.05, 3.63) is 35.6 Å². The Morgan fingerprint density at radius 1 is 1.53 bits per heavy atom. The van der Waals surface area contributed by atoms with Gasteiger partial charge in [-0.3, -0.25) is 4.57 Å². The maximum atomic E-state index is 11.7. The fraction of sp³-hybridized carbons (Fsp3) is 0.385. The molecule has 0 fully saturated rings. The van der Waals surface area contributed by atoms with Gasteiger partial charge in [0.1, 0.15) is 6.33 Å². The summed E-state index contributed by atoms with van der Waals surface area (Å²) in [5.74, 6) is 0. The largest absolute Gasteiger partial charge is 0.365 e. The normalized spacial score (nSPS) is 13.5. The number of fused-ring (bicyclic) bond motifs is 1. The second-order valence-corrected chi connectivity index (χ2v) is 4.41. The number of hydrogen-bond donors (Lipinski definition) is 2. The van der Waals surface area contributed by atoms with Crippen molar-refractivity contribution in [1.29, 1.82) is 0 Å². The van der Waals surface area contributed by atoms with Crippen LogP contribution in [0.25, 0.3) is 6.08 Å². The number of allylic oxidation sites excluding steroid dienone is 3. The maximum Gasteiger partial charge on any atom is 0.327 e. The lowest BCUT2D eigenvalue weighted by molar-refractivity contribution is 0.244. The van der Waals surface area contributed by atoms with Crippen LogP contribution < -0.4 is 10.6 Å². The molecule has 1 aliphatic carbocycles. The van der Waals surface area contributed by atoms with Crippen LogP contribution in [0.5, 0.6) is 0 Å². The zero-order chi connectivity index (χ0) is 13.8. The molecule has 0 atom stereocenters. The number of aromatic nitrogens is 2. The summed E-state index contributed by atoms with van der Waals surface area (Å²) in [5.41, 5.74) is 2.90. The van der Waals surface area contributed by atoms with Gasteiger partial charge in [-0.1, -0.05) is 6.08 Å². The number of nitrogens with zero attached hydrogens (tertiary/aromatic N) is 3. The average Bonchev–Trinajstić information content (AvgIpc) is 2.68. The molecule has 0 saturated heterocycles. The van der Waals surface area contributed by atoms with E-state index in [1.165, 1.54) is 4.57 Å². The second kappa shape index (κ2) is 5.71. The molecule has 6 heteroatoms. The highest BCUT2D eigenvalue weighted by Gasteiger charge is 2.17. The lowest BCUT2D eigenvalue weighted by atomic mass is 10.2. The molecule has 1 heterocycles. The molecule has 0 aromatic carbocycles. The van der Waals surface area contributed by atoms with E-state index in [1.54, 1.807) is 13.4 Å². The fourth-order valence-corrected chi connectivity index (χ4v) is 2.07. The van der Waals surface area contributed by atoms with Gasteiger partial charge in [-0.25, -0.2) is 9.78 Å². The van der Waals surface area contributed by atoms with Gasteiger partial charge in [0.2, 0.25) is 0 Å². The van der Waals surface area contributed by atoms with E-state index in [1.807, 2.05) is 32.3 Å². The van der Waals surface area contributed by atoms with Crippen LogP contribution in [-0.4, -0.2) is 48.3 Å². The Labute approximate surface area is 112 Å². The molecule has 19 heavy (non-hydrogen) atoms. The second-order valence-electron chi connectivity index (χ2n) is 4.41. The van der Waals surface area contributed by atoms with Gasteiger partial charge in [0.15, 0.2) is 0 Å². The van der Waals surface area contributed by atoms with Gasteiger partial charge in [0.05, 0.1) is 18.1 Å². The minimum absolute atomic E-state index is 0.176. The minimum atomic E-state index is -0.176. The lowest BCUT2D eigenvalue weighted by Crippen LogP contribution is -2.29. The fourth-order valence-electron chi connectivity index (χ4n) is 2.07. The Hall–Kier alpha value is -2.08. The third kappa shape index (κ3) is 2.68. The Balaban J connectivity index is 2.26. The van der Waals surface area contributed by atoms with E-state index in [-0.39, 0.29) is 6.03 Å². The van der Waals surface area contributed by atoms with Crippen molar-refractivity contribution in [3.8, 4) is 0 Å². The molecule has 1 aliphatic rings. The molecule has 1 aromatic heterocycles. The molecule has 0 bridgehead atoms. The van der Waals surface area contributed by atoms with Crippen LogP contribution in [0.15, 0.2) is 24.2 Å². The first-order valence-electron chi connectivity index (χ1n) is 6.18. The Morgan fingerprint density at radius 2 is 2.32 bits per heavy atom. The van der Waals surface area contributed by atoms with Gasteiger partial charge in [-0.2, -0.15) is 0 Å². The molecule has 102 valence electrons. The molecule has 1 amide bonds. The molecule has 0 unspecified atom stereocenters. The number of carbonyl (C=O) groups excluding carboxylic acids is 1. The predicted molar refractivity (Wildman–Crippen MR) is 74.6 cm³/mol. The summed E-state index contributed by atoms with van der Waals surface area (Å²) >= 11 is 0. The molecule has 2 N–H and O–H groups in total. The van der Waals surface area contributed by atoms with Gasteiger partial charge in [0.25, 0.3) is 0 Å². The molecule has 2 rings (SSSR count). The van der Waals surface area contributed by atoms with Crippen molar-refractivity contribution in [2.45, 2.75) is 6.42 Å². The van der Waals surface area contributed by atoms with Gasteiger partial charge in [-0.15, -0.1) is 0 Å². The molecular formula is C13H19N5O. The molecule has 0 saturated carbocycles. The smallest absolute Gasteiger partial charge is 0.327 e. The summed E-state index contributed by atoms with van der Waals surface area (Å²) in [7, 11) is 5.55. The van der Waals surface area contributed by atoms with E-state index in [4.69, 9.17) is 0 Å². The molecule has 6 nitrogen and oxygen atoms in total. The van der Waals surface area contributed by atoms with Gasteiger partial charge < -0.3 is 15.5 Å². The molecule has 0 aliphatic heterocycles. The number of hydrogen-bond acceptors (Lipinski definition) is 4. The van der Waals surface area contributed by atoms with Crippen molar-refractivity contribution in [1.82, 2.24) is 25.1 Å². The first kappa shape index (κ1) is 13.4. The SMILES string of the molecule is CNCN(C)C1=CC=Cc2c(ncn2C(=O)NC)C1. The summed E-state index contributed by atoms with van der Waals surface area (Å²) in [4.78, 5) is 18.2. The van der Waals surface area contributed by atoms with Crippen LogP contribution in [0.4, 0.5) is 4.79 Å². The number of rotatable bonds is 3. The van der Waals surface area contributed by atoms with Crippen LogP contribution in [0.2, 0.25) is 0 Å². The number of nitrogens with one attached hydrogen (secondary N) is 2. The zero-order valence-electron chi connectivity index (χ0n) is 11.5. The summed E-state index contributed by atoms with van der Waals surface area (Å²) in [6.07, 6.45) is 8.19. The molecule has 0 radical (unpaired) electrons. The predicted octanol–water partition coefficient (Wildman–Crippen LogP) is 0.632. The summed E-state index contributed by atoms with van der Waals surface area (Å²) in [5, 5.41) is 5.72. The lowest BCUT2D eigenvalue weighted by Gasteiger charge is -2.21. The van der Waals surface area contributed by atoms with Gasteiger partial charge in [0, 0.05) is 26.2 Å². The van der Waals surface area contributed by atoms with E-state index in [9.17, 15) is 4.79 Å². The van der Waals surface area contributed by atoms with E-state index >= 15 is 0 Å². The van der Waals surface area contributed by atoms with Crippen LogP contribution in [0.1, 0.15) is 11.4 Å². The first-order chi connectivity index (χ1) is 9.17. The molecule has 0 spiro atoms. The van der Waals surface area contributed by atoms with Crippen molar-refractivity contribution in [2.75, 3.05) is 27.8 Å². The summed E-state index contributed by atoms with van der Waals surface area (Å²) < 4.78 is 1.53. The van der Waals surface area contributed by atoms with Crippen LogP contribution >= 0.6 is 0 Å². The van der Waals surface area contributed by atoms with Crippen LogP contribution in [-0.2, 0) is 6.42 Å². The van der Waals surface area contributed by atoms with Gasteiger partial charge >= 0.3 is 6.03 Å². The highest BCUT2D eigenvalue weighted by Crippen LogP contribution is 2.19. The van der Waals surface area contributed by atoms with E-state index in [0.29, 0.717) is 6.42 Å². The molecule has 1 aromatic rings. The standard InChI is InChI=1S/C13H19N5O/c1-14-8-17(3)10-5-4-6-12-11(7-10)16-9-18(12)13(19)15-2/h4-6,9,14H,7-8H2,1-3H3,(H,15,19). The molecular weight excluding hydrogens is 242 g/mol. The topological polar surface area (TPSA) is 62.2 Å². The minimum Gasteiger partial charge on any atom is -0.365 e. The third-order valence-electron chi connectivity index (χ3n) is 3.09. The Morgan fingerprint density at radius 3 is 3.00 bits per heavy atom. The van der Waals surface area contributed by atoms with Crippen molar-refractivity contribution in [3.63, 3.8) is 0 Å². The van der Waals surface area contributed by atoms with Gasteiger partial charge in [-0.05, 0) is 19.2 Å². The zero-order valence-corrected chi connectivity index (χ0v) is 11.5. The monoisotopic (exact) mass is 261 g/mol. The summed E-state index contributed by atoms with van der Waals surface area (Å²) in [6.45, 7) is 0.769. The average molecular weight is 261 g/mol. The number of carbonyl (C=O) groups is 1. The van der Waals surface area contributed by atoms with Crippen LogP contribution in [0.3, 0.4) is 0 Å². The quantitative estimate of drug-likeness (QED) is 0.784. The van der Waals surface area contributed by atoms with Crippen LogP contribution in [0, 0.1) is 0 Å². The van der Waals surface area contributed by atoms with Crippen molar-refractivity contribution >= 4 is 12.1 Å². The van der Waals surface area contributed by atoms with E-state index < -0.39 is 0 Å². The number of imidazole rings is 1. The van der Waals surface area contributed by atoms with E-state index in [2.05, 4.69) is 20.5 Å². The Bertz CT molecular complexity index is 529. The van der Waals surface area contributed by atoms with E-state index in [0.717, 1.165) is 23.8 Å². The maximum absolute atomic E-state index is 11.7. The highest BCUT2D eigenvalue weighted by molar-refractivity contribution is 5.79. The first-order valence-corrected chi connectivity index (χ1v) is 6.18. The number of amides is 1. The highest BCUT2D eigenvalue weighted by atomic mass is 16.2. The van der Waals surface area contributed by atoms with Crippen molar-refractivity contribution in [2.24, 2.45) is 0 Å². The van der Waals surface area contributed by atoms with Crippen molar-refractivity contribution < 1.29 is 4.79 Å². The summed E-state index contributed by atoms with van der Waals surface area (Å²) in [6, 6.07) is -0.176. The Kier molecular flexibility index (Phi) is 4.01.